The summed E-state index contributed by atoms with van der Waals surface area (Å²) >= 11 is 0. The van der Waals surface area contributed by atoms with Crippen LogP contribution in [0, 0.1) is 0 Å². The van der Waals surface area contributed by atoms with Crippen LogP contribution in [0.3, 0.4) is 0 Å². The van der Waals surface area contributed by atoms with Crippen molar-refractivity contribution in [3.63, 3.8) is 0 Å². The van der Waals surface area contributed by atoms with Gasteiger partial charge < -0.3 is 24.4 Å². The van der Waals surface area contributed by atoms with E-state index >= 15 is 0 Å². The minimum Gasteiger partial charge on any atom is -0.392 e. The first-order chi connectivity index (χ1) is 8.87. The zero-order valence-electron chi connectivity index (χ0n) is 9.80. The summed E-state index contributed by atoms with van der Waals surface area (Å²) in [5, 5.41) is 9.50. The van der Waals surface area contributed by atoms with Gasteiger partial charge in [0.2, 0.25) is 0 Å². The summed E-state index contributed by atoms with van der Waals surface area (Å²) in [6.45, 7) is 0.258. The maximum absolute atomic E-state index is 11.4. The minimum absolute atomic E-state index is 0.130. The van der Waals surface area contributed by atoms with Gasteiger partial charge in [0.25, 0.3) is 5.56 Å². The maximum atomic E-state index is 11.4. The van der Waals surface area contributed by atoms with Crippen LogP contribution in [-0.2, 0) is 11.1 Å². The van der Waals surface area contributed by atoms with Gasteiger partial charge in [-0.1, -0.05) is 0 Å². The molecule has 0 aliphatic heterocycles. The number of aliphatic hydroxyl groups is 1. The molecule has 0 saturated heterocycles. The van der Waals surface area contributed by atoms with Crippen molar-refractivity contribution in [3.8, 4) is 0 Å². The van der Waals surface area contributed by atoms with E-state index in [-0.39, 0.29) is 24.0 Å². The van der Waals surface area contributed by atoms with Crippen LogP contribution in [0.1, 0.15) is 6.42 Å². The fourth-order valence-electron chi connectivity index (χ4n) is 1.71. The third-order valence-electron chi connectivity index (χ3n) is 2.56. The zero-order valence-corrected chi connectivity index (χ0v) is 10.7. The fraction of sp³-hybridized carbons (Fsp3) is 0.444. The van der Waals surface area contributed by atoms with E-state index in [1.54, 1.807) is 4.57 Å². The van der Waals surface area contributed by atoms with Crippen LogP contribution >= 0.6 is 7.60 Å². The monoisotopic (exact) mass is 288 g/mol. The van der Waals surface area contributed by atoms with Gasteiger partial charge >= 0.3 is 7.60 Å². The molecule has 2 aromatic heterocycles. The highest BCUT2D eigenvalue weighted by Gasteiger charge is 2.19. The van der Waals surface area contributed by atoms with Crippen molar-refractivity contribution in [2.45, 2.75) is 19.1 Å². The SMILES string of the molecule is O=c1[nH]cnc2c1ncn2CC[C@H](O)CP(=O)(O)O. The number of aromatic nitrogens is 4. The first-order valence-electron chi connectivity index (χ1n) is 5.48. The van der Waals surface area contributed by atoms with E-state index in [4.69, 9.17) is 9.79 Å². The molecule has 9 nitrogen and oxygen atoms in total. The molecule has 2 heterocycles. The van der Waals surface area contributed by atoms with Crippen LogP contribution in [0.4, 0.5) is 0 Å². The van der Waals surface area contributed by atoms with Gasteiger partial charge in [0.05, 0.1) is 24.9 Å². The fourth-order valence-corrected chi connectivity index (χ4v) is 2.44. The van der Waals surface area contributed by atoms with Crippen LogP contribution < -0.4 is 5.56 Å². The Hall–Kier alpha value is -1.54. The van der Waals surface area contributed by atoms with Gasteiger partial charge in [0.1, 0.15) is 0 Å². The Bertz CT molecular complexity index is 675. The Labute approximate surface area is 107 Å². The average molecular weight is 288 g/mol. The lowest BCUT2D eigenvalue weighted by Gasteiger charge is -2.11. The number of aromatic amines is 1. The molecular formula is C9H13N4O5P. The summed E-state index contributed by atoms with van der Waals surface area (Å²) in [4.78, 5) is 39.1. The first kappa shape index (κ1) is 13.9. The third-order valence-corrected chi connectivity index (χ3v) is 3.46. The van der Waals surface area contributed by atoms with Crippen molar-refractivity contribution in [2.24, 2.45) is 0 Å². The lowest BCUT2D eigenvalue weighted by atomic mass is 10.3. The molecule has 0 aromatic carbocycles. The smallest absolute Gasteiger partial charge is 0.328 e. The molecule has 2 rings (SSSR count). The maximum Gasteiger partial charge on any atom is 0.328 e. The summed E-state index contributed by atoms with van der Waals surface area (Å²) in [7, 11) is -4.23. The number of imidazole rings is 1. The predicted molar refractivity (Wildman–Crippen MR) is 65.7 cm³/mol. The number of rotatable bonds is 5. The molecule has 0 radical (unpaired) electrons. The molecule has 0 saturated carbocycles. The van der Waals surface area contributed by atoms with E-state index in [0.29, 0.717) is 5.65 Å². The number of H-pyrrole nitrogens is 1. The van der Waals surface area contributed by atoms with Crippen LogP contribution in [0.2, 0.25) is 0 Å². The zero-order chi connectivity index (χ0) is 14.0. The molecule has 0 unspecified atom stereocenters. The highest BCUT2D eigenvalue weighted by molar-refractivity contribution is 7.51. The van der Waals surface area contributed by atoms with Gasteiger partial charge in [-0.25, -0.2) is 9.97 Å². The van der Waals surface area contributed by atoms with E-state index in [1.807, 2.05) is 0 Å². The van der Waals surface area contributed by atoms with Crippen molar-refractivity contribution in [2.75, 3.05) is 6.16 Å². The molecule has 19 heavy (non-hydrogen) atoms. The lowest BCUT2D eigenvalue weighted by Crippen LogP contribution is -2.16. The molecule has 0 fully saturated rings. The number of hydrogen-bond donors (Lipinski definition) is 4. The molecule has 2 aromatic rings. The van der Waals surface area contributed by atoms with Gasteiger partial charge in [0, 0.05) is 6.54 Å². The van der Waals surface area contributed by atoms with E-state index in [0.717, 1.165) is 0 Å². The van der Waals surface area contributed by atoms with Gasteiger partial charge in [0.15, 0.2) is 11.2 Å². The Balaban J connectivity index is 2.09. The summed E-state index contributed by atoms with van der Waals surface area (Å²) in [5.41, 5.74) is 0.193. The summed E-state index contributed by atoms with van der Waals surface area (Å²) in [5.74, 6) is 0. The quantitative estimate of drug-likeness (QED) is 0.519. The van der Waals surface area contributed by atoms with Gasteiger partial charge in [-0.3, -0.25) is 9.36 Å². The summed E-state index contributed by atoms with van der Waals surface area (Å²) in [6.07, 6.45) is 1.06. The van der Waals surface area contributed by atoms with Crippen LogP contribution in [0.5, 0.6) is 0 Å². The topological polar surface area (TPSA) is 141 Å². The van der Waals surface area contributed by atoms with Crippen LogP contribution in [0.25, 0.3) is 11.2 Å². The second-order valence-corrected chi connectivity index (χ2v) is 5.83. The van der Waals surface area contributed by atoms with E-state index in [9.17, 15) is 14.5 Å². The van der Waals surface area contributed by atoms with E-state index < -0.39 is 19.9 Å². The summed E-state index contributed by atoms with van der Waals surface area (Å²) < 4.78 is 12.3. The molecule has 0 aliphatic carbocycles. The molecule has 10 heteroatoms. The molecule has 0 spiro atoms. The van der Waals surface area contributed by atoms with Crippen molar-refractivity contribution < 1.29 is 19.5 Å². The van der Waals surface area contributed by atoms with Gasteiger partial charge in [-0.2, -0.15) is 0 Å². The Morgan fingerprint density at radius 1 is 1.42 bits per heavy atom. The molecule has 4 N–H and O–H groups in total. The molecule has 1 atom stereocenters. The van der Waals surface area contributed by atoms with Gasteiger partial charge in [-0.15, -0.1) is 0 Å². The first-order valence-corrected chi connectivity index (χ1v) is 7.28. The highest BCUT2D eigenvalue weighted by atomic mass is 31.2. The number of nitrogens with zero attached hydrogens (tertiary/aromatic N) is 3. The second kappa shape index (κ2) is 5.22. The largest absolute Gasteiger partial charge is 0.392 e. The standard InChI is InChI=1S/C9H13N4O5P/c14-6(3-19(16,17)18)1-2-13-5-12-7-8(13)10-4-11-9(7)15/h4-6,14H,1-3H2,(H,10,11,15)(H2,16,17,18)/t6-/m0/s1. The minimum atomic E-state index is -4.23. The third kappa shape index (κ3) is 3.48. The predicted octanol–water partition coefficient (Wildman–Crippen LogP) is -0.952. The Morgan fingerprint density at radius 3 is 2.84 bits per heavy atom. The number of hydrogen-bond acceptors (Lipinski definition) is 5. The number of aliphatic hydroxyl groups excluding tert-OH is 1. The van der Waals surface area contributed by atoms with Crippen LogP contribution in [0.15, 0.2) is 17.4 Å². The molecular weight excluding hydrogens is 275 g/mol. The van der Waals surface area contributed by atoms with Crippen molar-refractivity contribution in [3.05, 3.63) is 23.0 Å². The lowest BCUT2D eigenvalue weighted by molar-refractivity contribution is 0.173. The van der Waals surface area contributed by atoms with E-state index in [2.05, 4.69) is 15.0 Å². The Kier molecular flexibility index (Phi) is 3.81. The normalized spacial score (nSPS) is 13.8. The van der Waals surface area contributed by atoms with Crippen molar-refractivity contribution in [1.82, 2.24) is 19.5 Å². The molecule has 0 amide bonds. The van der Waals surface area contributed by atoms with Crippen LogP contribution in [-0.4, -0.2) is 46.7 Å². The second-order valence-electron chi connectivity index (χ2n) is 4.13. The molecule has 104 valence electrons. The van der Waals surface area contributed by atoms with E-state index in [1.165, 1.54) is 12.7 Å². The summed E-state index contributed by atoms with van der Waals surface area (Å²) in [6, 6.07) is 0. The van der Waals surface area contributed by atoms with Crippen molar-refractivity contribution >= 4 is 18.8 Å². The number of aryl methyl sites for hydroxylation is 1. The molecule has 0 aliphatic rings. The Morgan fingerprint density at radius 2 is 2.16 bits per heavy atom. The number of nitrogens with one attached hydrogen (secondary N) is 1. The molecule has 0 bridgehead atoms. The van der Waals surface area contributed by atoms with Gasteiger partial charge in [-0.05, 0) is 6.42 Å². The average Bonchev–Trinajstić information content (AvgIpc) is 2.69. The highest BCUT2D eigenvalue weighted by Crippen LogP contribution is 2.35. The van der Waals surface area contributed by atoms with Crippen molar-refractivity contribution in [1.29, 1.82) is 0 Å². The number of fused-ring (bicyclic) bond motifs is 1.